The molecule has 0 saturated heterocycles. The van der Waals surface area contributed by atoms with E-state index in [0.717, 1.165) is 37.0 Å². The Labute approximate surface area is 190 Å². The molecule has 32 heavy (non-hydrogen) atoms. The second kappa shape index (κ2) is 9.29. The zero-order chi connectivity index (χ0) is 22.8. The fraction of sp³-hybridized carbons (Fsp3) is 0.652. The van der Waals surface area contributed by atoms with Gasteiger partial charge in [0.25, 0.3) is 0 Å². The van der Waals surface area contributed by atoms with E-state index in [1.54, 1.807) is 31.2 Å². The Bertz CT molecular complexity index is 910. The number of anilines is 2. The van der Waals surface area contributed by atoms with E-state index < -0.39 is 10.0 Å². The van der Waals surface area contributed by atoms with Gasteiger partial charge in [0, 0.05) is 29.9 Å². The van der Waals surface area contributed by atoms with E-state index in [9.17, 15) is 18.0 Å². The number of urea groups is 1. The van der Waals surface area contributed by atoms with Crippen molar-refractivity contribution < 1.29 is 18.0 Å². The lowest BCUT2D eigenvalue weighted by Crippen LogP contribution is -2.61. The summed E-state index contributed by atoms with van der Waals surface area (Å²) in [7, 11) is -3.34. The number of hydrogen-bond donors (Lipinski definition) is 4. The molecule has 0 heterocycles. The van der Waals surface area contributed by atoms with Crippen molar-refractivity contribution in [1.29, 1.82) is 0 Å². The minimum absolute atomic E-state index is 0.0402. The molecule has 8 nitrogen and oxygen atoms in total. The zero-order valence-corrected chi connectivity index (χ0v) is 19.5. The molecule has 9 heteroatoms. The van der Waals surface area contributed by atoms with E-state index in [1.165, 1.54) is 19.3 Å². The second-order valence-corrected chi connectivity index (χ2v) is 11.7. The van der Waals surface area contributed by atoms with Crippen LogP contribution >= 0.6 is 0 Å². The normalized spacial score (nSPS) is 28.2. The lowest BCUT2D eigenvalue weighted by molar-refractivity contribution is -0.116. The Morgan fingerprint density at radius 3 is 2.09 bits per heavy atom. The average Bonchev–Trinajstić information content (AvgIpc) is 2.67. The highest BCUT2D eigenvalue weighted by atomic mass is 32.2. The second-order valence-electron chi connectivity index (χ2n) is 9.88. The summed E-state index contributed by atoms with van der Waals surface area (Å²) in [5.74, 6) is 2.15. The Morgan fingerprint density at radius 1 is 0.969 bits per heavy atom. The van der Waals surface area contributed by atoms with Crippen molar-refractivity contribution in [2.24, 2.45) is 17.8 Å². The molecule has 1 aromatic carbocycles. The summed E-state index contributed by atoms with van der Waals surface area (Å²) in [5, 5.41) is 8.85. The average molecular weight is 463 g/mol. The van der Waals surface area contributed by atoms with Gasteiger partial charge < -0.3 is 16.0 Å². The smallest absolute Gasteiger partial charge is 0.315 e. The minimum atomic E-state index is -3.34. The Balaban J connectivity index is 1.18. The first kappa shape index (κ1) is 22.9. The molecule has 4 bridgehead atoms. The van der Waals surface area contributed by atoms with Crippen LogP contribution in [0.1, 0.15) is 58.3 Å². The minimum Gasteiger partial charge on any atom is -0.338 e. The number of benzene rings is 1. The third-order valence-corrected chi connectivity index (χ3v) is 8.46. The molecule has 5 rings (SSSR count). The van der Waals surface area contributed by atoms with Crippen LogP contribution in [0.3, 0.4) is 0 Å². The molecule has 4 aliphatic carbocycles. The van der Waals surface area contributed by atoms with E-state index in [4.69, 9.17) is 0 Å². The molecule has 3 amide bonds. The van der Waals surface area contributed by atoms with Gasteiger partial charge in [0.2, 0.25) is 15.9 Å². The highest BCUT2D eigenvalue weighted by Gasteiger charge is 2.51. The maximum atomic E-state index is 12.5. The molecular formula is C23H34N4O4S. The van der Waals surface area contributed by atoms with Crippen LogP contribution < -0.4 is 20.7 Å². The van der Waals surface area contributed by atoms with Crippen molar-refractivity contribution in [3.63, 3.8) is 0 Å². The SMILES string of the molecule is CCCS(=O)(=O)Nc1ccc(NC(=O)CCNC(=O)NC23CC4CC(CC(C4)C2)C3)cc1. The Hall–Kier alpha value is -2.29. The summed E-state index contributed by atoms with van der Waals surface area (Å²) < 4.78 is 26.1. The number of carbonyl (C=O) groups is 2. The molecule has 0 aliphatic heterocycles. The molecule has 4 saturated carbocycles. The van der Waals surface area contributed by atoms with Gasteiger partial charge in [-0.25, -0.2) is 13.2 Å². The lowest BCUT2D eigenvalue weighted by atomic mass is 9.53. The number of hydrogen-bond acceptors (Lipinski definition) is 4. The molecule has 0 spiro atoms. The number of nitrogens with one attached hydrogen (secondary N) is 4. The number of sulfonamides is 1. The van der Waals surface area contributed by atoms with Crippen molar-refractivity contribution in [2.75, 3.05) is 22.3 Å². The van der Waals surface area contributed by atoms with Crippen LogP contribution in [0.15, 0.2) is 24.3 Å². The lowest BCUT2D eigenvalue weighted by Gasteiger charge is -2.56. The van der Waals surface area contributed by atoms with Gasteiger partial charge in [0.05, 0.1) is 5.75 Å². The van der Waals surface area contributed by atoms with Gasteiger partial charge in [-0.15, -0.1) is 0 Å². The highest BCUT2D eigenvalue weighted by molar-refractivity contribution is 7.92. The van der Waals surface area contributed by atoms with Gasteiger partial charge in [-0.2, -0.15) is 0 Å². The molecule has 0 atom stereocenters. The summed E-state index contributed by atoms with van der Waals surface area (Å²) in [6.45, 7) is 2.07. The Morgan fingerprint density at radius 2 is 1.53 bits per heavy atom. The van der Waals surface area contributed by atoms with Crippen LogP contribution in [-0.2, 0) is 14.8 Å². The first-order valence-electron chi connectivity index (χ1n) is 11.7. The third-order valence-electron chi connectivity index (χ3n) is 6.97. The maximum Gasteiger partial charge on any atom is 0.315 e. The number of carbonyl (C=O) groups excluding carboxylic acids is 2. The molecule has 4 N–H and O–H groups in total. The van der Waals surface area contributed by atoms with Gasteiger partial charge in [-0.05, 0) is 87.0 Å². The first-order valence-corrected chi connectivity index (χ1v) is 13.4. The predicted octanol–water partition coefficient (Wildman–Crippen LogP) is 3.43. The molecule has 1 aromatic rings. The van der Waals surface area contributed by atoms with Crippen molar-refractivity contribution in [3.05, 3.63) is 24.3 Å². The van der Waals surface area contributed by atoms with E-state index >= 15 is 0 Å². The molecule has 0 unspecified atom stereocenters. The molecule has 4 aliphatic rings. The fourth-order valence-corrected chi connectivity index (χ4v) is 7.32. The molecule has 4 fully saturated rings. The van der Waals surface area contributed by atoms with Crippen LogP contribution in [0.2, 0.25) is 0 Å². The van der Waals surface area contributed by atoms with E-state index in [2.05, 4.69) is 20.7 Å². The monoisotopic (exact) mass is 462 g/mol. The van der Waals surface area contributed by atoms with Crippen LogP contribution in [0.5, 0.6) is 0 Å². The van der Waals surface area contributed by atoms with Crippen molar-refractivity contribution in [1.82, 2.24) is 10.6 Å². The fourth-order valence-electron chi connectivity index (χ4n) is 6.18. The maximum absolute atomic E-state index is 12.5. The van der Waals surface area contributed by atoms with E-state index in [1.807, 2.05) is 0 Å². The Kier molecular flexibility index (Phi) is 6.65. The van der Waals surface area contributed by atoms with E-state index in [0.29, 0.717) is 17.8 Å². The summed E-state index contributed by atoms with van der Waals surface area (Å²) >= 11 is 0. The van der Waals surface area contributed by atoms with Crippen molar-refractivity contribution in [2.45, 2.75) is 63.8 Å². The van der Waals surface area contributed by atoms with Crippen LogP contribution in [0, 0.1) is 17.8 Å². The summed E-state index contributed by atoms with van der Waals surface area (Å²) in [5.41, 5.74) is 0.993. The van der Waals surface area contributed by atoms with Crippen LogP contribution in [0.4, 0.5) is 16.2 Å². The number of amides is 3. The van der Waals surface area contributed by atoms with Gasteiger partial charge >= 0.3 is 6.03 Å². The zero-order valence-electron chi connectivity index (χ0n) is 18.7. The van der Waals surface area contributed by atoms with Gasteiger partial charge in [0.1, 0.15) is 0 Å². The predicted molar refractivity (Wildman–Crippen MR) is 125 cm³/mol. The van der Waals surface area contributed by atoms with Crippen molar-refractivity contribution >= 4 is 33.3 Å². The summed E-state index contributed by atoms with van der Waals surface area (Å²) in [6.07, 6.45) is 7.97. The molecular weight excluding hydrogens is 428 g/mol. The van der Waals surface area contributed by atoms with Gasteiger partial charge in [0.15, 0.2) is 0 Å². The largest absolute Gasteiger partial charge is 0.338 e. The highest BCUT2D eigenvalue weighted by Crippen LogP contribution is 2.55. The molecule has 176 valence electrons. The summed E-state index contributed by atoms with van der Waals surface area (Å²) in [6, 6.07) is 6.34. The quantitative estimate of drug-likeness (QED) is 0.450. The van der Waals surface area contributed by atoms with Gasteiger partial charge in [-0.3, -0.25) is 9.52 Å². The number of rotatable bonds is 9. The third kappa shape index (κ3) is 5.74. The van der Waals surface area contributed by atoms with Crippen LogP contribution in [-0.4, -0.2) is 38.2 Å². The molecule has 0 aromatic heterocycles. The van der Waals surface area contributed by atoms with Gasteiger partial charge in [-0.1, -0.05) is 6.92 Å². The standard InChI is InChI=1S/C23H34N4O4S/c1-2-9-32(30,31)27-20-5-3-19(4-6-20)25-21(28)7-8-24-22(29)26-23-13-16-10-17(14-23)12-18(11-16)15-23/h3-6,16-18,27H,2,7-15H2,1H3,(H,25,28)(H2,24,26,29). The first-order chi connectivity index (χ1) is 15.2. The topological polar surface area (TPSA) is 116 Å². The van der Waals surface area contributed by atoms with E-state index in [-0.39, 0.29) is 36.2 Å². The summed E-state index contributed by atoms with van der Waals surface area (Å²) in [4.78, 5) is 24.7. The molecule has 0 radical (unpaired) electrons. The van der Waals surface area contributed by atoms with Crippen molar-refractivity contribution in [3.8, 4) is 0 Å². The van der Waals surface area contributed by atoms with Crippen LogP contribution in [0.25, 0.3) is 0 Å².